The number of aliphatic hydroxyl groups is 1. The quantitative estimate of drug-likeness (QED) is 0.306. The smallest absolute Gasteiger partial charge is 0.193 e. The largest absolute Gasteiger partial charge is 1.00 e. The molecule has 4 N–H and O–H groups in total. The number of rotatable bonds is 4. The molecule has 0 aromatic carbocycles. The number of halogens is 1. The first-order valence-corrected chi connectivity index (χ1v) is 8.10. The molecule has 3 aromatic heterocycles. The Morgan fingerprint density at radius 1 is 0.850 bits per heavy atom. The monoisotopic (exact) mass is 401 g/mol. The van der Waals surface area contributed by atoms with Gasteiger partial charge in [-0.1, -0.05) is 0 Å². The normalized spacial score (nSPS) is 12.9. The van der Waals surface area contributed by atoms with Gasteiger partial charge in [0.2, 0.25) is 0 Å². The summed E-state index contributed by atoms with van der Waals surface area (Å²) in [5.74, 6) is -0.483. The Labute approximate surface area is 135 Å². The summed E-state index contributed by atoms with van der Waals surface area (Å²) in [6.07, 6.45) is 5.70. The van der Waals surface area contributed by atoms with E-state index < -0.39 is 13.1 Å². The molecule has 6 heteroatoms. The van der Waals surface area contributed by atoms with Gasteiger partial charge in [-0.05, 0) is 25.1 Å². The number of hydrogen-bond donors (Lipinski definition) is 4. The average molecular weight is 401 g/mol. The first kappa shape index (κ1) is 15.4. The molecule has 0 aliphatic heterocycles. The van der Waals surface area contributed by atoms with Crippen molar-refractivity contribution in [3.05, 3.63) is 55.0 Å². The van der Waals surface area contributed by atoms with Gasteiger partial charge in [-0.25, -0.2) is 0 Å². The van der Waals surface area contributed by atoms with Crippen LogP contribution in [0.5, 0.6) is 0 Å². The molecule has 0 bridgehead atoms. The molecule has 0 saturated heterocycles. The van der Waals surface area contributed by atoms with Crippen LogP contribution in [-0.2, 0) is 0 Å². The highest BCUT2D eigenvalue weighted by Crippen LogP contribution is 2.57. The van der Waals surface area contributed by atoms with Crippen molar-refractivity contribution in [2.75, 3.05) is 0 Å². The molecule has 106 valence electrons. The van der Waals surface area contributed by atoms with Crippen molar-refractivity contribution in [1.29, 1.82) is 0 Å². The molecule has 0 fully saturated rings. The summed E-state index contributed by atoms with van der Waals surface area (Å²) in [6, 6.07) is 12.0. The summed E-state index contributed by atoms with van der Waals surface area (Å²) < 4.78 is 0. The van der Waals surface area contributed by atoms with Crippen LogP contribution >= 0.6 is 7.26 Å². The summed E-state index contributed by atoms with van der Waals surface area (Å²) in [5, 5.41) is 10.6. The second-order valence-corrected chi connectivity index (χ2v) is 8.16. The van der Waals surface area contributed by atoms with E-state index in [9.17, 15) is 5.11 Å². The van der Waals surface area contributed by atoms with Crippen LogP contribution in [0.4, 0.5) is 0 Å². The second kappa shape index (κ2) is 6.16. The summed E-state index contributed by atoms with van der Waals surface area (Å²) in [4.78, 5) is 9.86. The Hall–Kier alpha value is -1.04. The molecular weight excluding hydrogens is 384 g/mol. The van der Waals surface area contributed by atoms with Crippen molar-refractivity contribution >= 4 is 23.6 Å². The van der Waals surface area contributed by atoms with Gasteiger partial charge in [-0.3, -0.25) is 0 Å². The number of nitrogens with one attached hydrogen (secondary N) is 3. The maximum absolute atomic E-state index is 10.6. The highest BCUT2D eigenvalue weighted by Gasteiger charge is 2.53. The van der Waals surface area contributed by atoms with E-state index in [0.29, 0.717) is 0 Å². The van der Waals surface area contributed by atoms with E-state index in [1.54, 1.807) is 0 Å². The van der Waals surface area contributed by atoms with E-state index in [1.165, 1.54) is 0 Å². The lowest BCUT2D eigenvalue weighted by molar-refractivity contribution is -0.00000537. The Bertz CT molecular complexity index is 533. The predicted octanol–water partition coefficient (Wildman–Crippen LogP) is -1.69. The first-order chi connectivity index (χ1) is 9.26. The third kappa shape index (κ3) is 2.24. The molecule has 1 unspecified atom stereocenters. The average Bonchev–Trinajstić information content (AvgIpc) is 3.15. The van der Waals surface area contributed by atoms with Crippen LogP contribution in [0.15, 0.2) is 55.0 Å². The second-order valence-electron chi connectivity index (χ2n) is 4.52. The number of aromatic nitrogens is 3. The number of H-pyrrole nitrogens is 3. The fourth-order valence-corrected chi connectivity index (χ4v) is 6.40. The fourth-order valence-electron chi connectivity index (χ4n) is 2.61. The van der Waals surface area contributed by atoms with Gasteiger partial charge in [0.15, 0.2) is 29.4 Å². The maximum atomic E-state index is 10.6. The van der Waals surface area contributed by atoms with Crippen molar-refractivity contribution in [1.82, 2.24) is 15.0 Å². The topological polar surface area (TPSA) is 67.6 Å². The lowest BCUT2D eigenvalue weighted by Gasteiger charge is -2.25. The minimum absolute atomic E-state index is 0. The molecule has 4 nitrogen and oxygen atoms in total. The van der Waals surface area contributed by atoms with Gasteiger partial charge in [0.1, 0.15) is 0 Å². The van der Waals surface area contributed by atoms with Gasteiger partial charge in [0, 0.05) is 36.8 Å². The van der Waals surface area contributed by atoms with Gasteiger partial charge in [0.25, 0.3) is 0 Å². The summed E-state index contributed by atoms with van der Waals surface area (Å²) in [6.45, 7) is 1.86. The molecule has 0 saturated carbocycles. The fraction of sp³-hybridized carbons (Fsp3) is 0.143. The SMILES string of the molecule is CC(O)[P+](c1ccc[nH]1)(c1ccc[nH]1)c1ccc[nH]1.[I-]. The standard InChI is InChI=1S/C14H17N3OP.HI/c1-11(18)19(12-5-2-8-15-12,13-6-3-9-16-13)14-7-4-10-17-14;/h2-11,15-18H,1H3;1H/q+1;/p-1. The number of hydrogen-bond acceptors (Lipinski definition) is 1. The van der Waals surface area contributed by atoms with Crippen LogP contribution in [-0.4, -0.2) is 25.9 Å². The molecule has 20 heavy (non-hydrogen) atoms. The van der Waals surface area contributed by atoms with Crippen LogP contribution in [0.1, 0.15) is 6.92 Å². The highest BCUT2D eigenvalue weighted by molar-refractivity contribution is 7.95. The Balaban J connectivity index is 0.00000147. The highest BCUT2D eigenvalue weighted by atomic mass is 127. The van der Waals surface area contributed by atoms with Crippen molar-refractivity contribution in [2.45, 2.75) is 12.8 Å². The summed E-state index contributed by atoms with van der Waals surface area (Å²) >= 11 is 0. The Kier molecular flexibility index (Phi) is 4.73. The molecule has 0 amide bonds. The zero-order valence-corrected chi connectivity index (χ0v) is 14.1. The zero-order valence-electron chi connectivity index (χ0n) is 11.0. The molecule has 3 rings (SSSR count). The molecule has 3 aromatic rings. The molecular formula is C14H17IN3OP. The van der Waals surface area contributed by atoms with Crippen molar-refractivity contribution < 1.29 is 29.1 Å². The van der Waals surface area contributed by atoms with Crippen LogP contribution in [0, 0.1) is 0 Å². The van der Waals surface area contributed by atoms with E-state index in [4.69, 9.17) is 0 Å². The molecule has 0 spiro atoms. The lowest BCUT2D eigenvalue weighted by atomic mass is 10.7. The van der Waals surface area contributed by atoms with Crippen LogP contribution in [0.3, 0.4) is 0 Å². The molecule has 0 aliphatic carbocycles. The molecule has 3 heterocycles. The first-order valence-electron chi connectivity index (χ1n) is 6.25. The molecule has 1 atom stereocenters. The van der Waals surface area contributed by atoms with Gasteiger partial charge < -0.3 is 44.0 Å². The Morgan fingerprint density at radius 3 is 1.40 bits per heavy atom. The van der Waals surface area contributed by atoms with Crippen LogP contribution in [0.25, 0.3) is 0 Å². The third-order valence-corrected chi connectivity index (χ3v) is 7.68. The van der Waals surface area contributed by atoms with E-state index in [-0.39, 0.29) is 24.0 Å². The van der Waals surface area contributed by atoms with Crippen molar-refractivity contribution in [2.24, 2.45) is 0 Å². The zero-order chi connectivity index (χ0) is 13.3. The maximum Gasteiger partial charge on any atom is 0.193 e. The third-order valence-electron chi connectivity index (χ3n) is 3.45. The minimum Gasteiger partial charge on any atom is -1.00 e. The van der Waals surface area contributed by atoms with Crippen LogP contribution in [0.2, 0.25) is 0 Å². The van der Waals surface area contributed by atoms with E-state index in [1.807, 2.05) is 61.9 Å². The van der Waals surface area contributed by atoms with Crippen LogP contribution < -0.4 is 40.3 Å². The van der Waals surface area contributed by atoms with Gasteiger partial charge in [0.05, 0.1) is 0 Å². The van der Waals surface area contributed by atoms with E-state index >= 15 is 0 Å². The lowest BCUT2D eigenvalue weighted by Crippen LogP contribution is -3.00. The predicted molar refractivity (Wildman–Crippen MR) is 79.9 cm³/mol. The minimum atomic E-state index is -2.09. The molecule has 0 radical (unpaired) electrons. The van der Waals surface area contributed by atoms with Gasteiger partial charge >= 0.3 is 0 Å². The van der Waals surface area contributed by atoms with Crippen molar-refractivity contribution in [3.8, 4) is 0 Å². The van der Waals surface area contributed by atoms with Gasteiger partial charge in [-0.2, -0.15) is 0 Å². The summed E-state index contributed by atoms with van der Waals surface area (Å²) in [7, 11) is -2.09. The van der Waals surface area contributed by atoms with Gasteiger partial charge in [-0.15, -0.1) is 0 Å². The van der Waals surface area contributed by atoms with E-state index in [2.05, 4.69) is 15.0 Å². The van der Waals surface area contributed by atoms with E-state index in [0.717, 1.165) is 16.3 Å². The number of aromatic amines is 3. The Morgan fingerprint density at radius 2 is 1.20 bits per heavy atom. The number of aliphatic hydroxyl groups excluding tert-OH is 1. The summed E-state index contributed by atoms with van der Waals surface area (Å²) in [5.41, 5.74) is 3.19. The van der Waals surface area contributed by atoms with Crippen molar-refractivity contribution in [3.63, 3.8) is 0 Å². The molecule has 0 aliphatic rings.